The van der Waals surface area contributed by atoms with Crippen molar-refractivity contribution in [2.75, 3.05) is 0 Å². The Bertz CT molecular complexity index is 636. The maximum Gasteiger partial charge on any atom is 0.250 e. The van der Waals surface area contributed by atoms with Gasteiger partial charge in [0.15, 0.2) is 5.84 Å². The van der Waals surface area contributed by atoms with E-state index in [4.69, 9.17) is 15.7 Å². The first-order chi connectivity index (χ1) is 9.11. The molecule has 1 aromatic heterocycles. The van der Waals surface area contributed by atoms with Gasteiger partial charge in [-0.2, -0.15) is 5.10 Å². The summed E-state index contributed by atoms with van der Waals surface area (Å²) in [5.41, 5.74) is 5.76. The van der Waals surface area contributed by atoms with Crippen LogP contribution in [0.3, 0.4) is 0 Å². The Morgan fingerprint density at radius 2 is 2.21 bits per heavy atom. The maximum atomic E-state index is 13.0. The van der Waals surface area contributed by atoms with Crippen LogP contribution in [0.25, 0.3) is 0 Å². The van der Waals surface area contributed by atoms with E-state index in [2.05, 4.69) is 31.3 Å². The van der Waals surface area contributed by atoms with E-state index < -0.39 is 5.82 Å². The minimum atomic E-state index is -0.407. The van der Waals surface area contributed by atoms with E-state index in [1.807, 2.05) is 0 Å². The molecule has 0 radical (unpaired) electrons. The summed E-state index contributed by atoms with van der Waals surface area (Å²) in [5, 5.41) is 18.9. The van der Waals surface area contributed by atoms with Crippen molar-refractivity contribution < 1.29 is 14.3 Å². The van der Waals surface area contributed by atoms with Crippen molar-refractivity contribution in [3.05, 3.63) is 46.3 Å². The molecule has 0 aliphatic heterocycles. The average molecular weight is 327 g/mol. The van der Waals surface area contributed by atoms with Gasteiger partial charge in [-0.25, -0.2) is 4.39 Å². The zero-order valence-electron chi connectivity index (χ0n) is 9.42. The van der Waals surface area contributed by atoms with Crippen molar-refractivity contribution in [3.63, 3.8) is 0 Å². The van der Waals surface area contributed by atoms with Crippen LogP contribution in [0.4, 0.5) is 4.39 Å². The zero-order chi connectivity index (χ0) is 13.8. The van der Waals surface area contributed by atoms with Gasteiger partial charge in [0.25, 0.3) is 0 Å². The van der Waals surface area contributed by atoms with Crippen molar-refractivity contribution in [1.29, 1.82) is 0 Å². The summed E-state index contributed by atoms with van der Waals surface area (Å²) < 4.78 is 18.8. The minimum Gasteiger partial charge on any atom is -0.436 e. The van der Waals surface area contributed by atoms with Crippen LogP contribution in [0.15, 0.2) is 40.1 Å². The van der Waals surface area contributed by atoms with Crippen molar-refractivity contribution >= 4 is 21.8 Å². The number of nitrogens with zero attached hydrogens (tertiary/aromatic N) is 3. The molecule has 0 aliphatic carbocycles. The van der Waals surface area contributed by atoms with E-state index in [1.54, 1.807) is 0 Å². The van der Waals surface area contributed by atoms with Crippen molar-refractivity contribution in [2.24, 2.45) is 10.9 Å². The summed E-state index contributed by atoms with van der Waals surface area (Å²) in [6.07, 6.45) is 1.37. The van der Waals surface area contributed by atoms with E-state index in [0.29, 0.717) is 10.2 Å². The molecule has 0 saturated carbocycles. The fourth-order valence-electron chi connectivity index (χ4n) is 1.31. The number of oxime groups is 1. The SMILES string of the molecule is N/C(=N/O)c1ccnnc1Oc1ccc(F)cc1Br. The molecule has 2 aromatic rings. The Morgan fingerprint density at radius 3 is 2.89 bits per heavy atom. The van der Waals surface area contributed by atoms with Gasteiger partial charge in [-0.3, -0.25) is 0 Å². The monoisotopic (exact) mass is 326 g/mol. The van der Waals surface area contributed by atoms with Gasteiger partial charge in [0, 0.05) is 0 Å². The topological polar surface area (TPSA) is 93.6 Å². The third kappa shape index (κ3) is 2.97. The number of ether oxygens (including phenoxy) is 1. The number of aromatic nitrogens is 2. The molecule has 0 spiro atoms. The lowest BCUT2D eigenvalue weighted by Crippen LogP contribution is -2.15. The zero-order valence-corrected chi connectivity index (χ0v) is 11.0. The van der Waals surface area contributed by atoms with E-state index in [9.17, 15) is 4.39 Å². The molecule has 0 aliphatic rings. The Kier molecular flexibility index (Phi) is 3.91. The molecule has 19 heavy (non-hydrogen) atoms. The Morgan fingerprint density at radius 1 is 1.42 bits per heavy atom. The van der Waals surface area contributed by atoms with Crippen LogP contribution in [0, 0.1) is 5.82 Å². The predicted molar refractivity (Wildman–Crippen MR) is 68.7 cm³/mol. The molecule has 0 unspecified atom stereocenters. The summed E-state index contributed by atoms with van der Waals surface area (Å²) >= 11 is 3.16. The highest BCUT2D eigenvalue weighted by molar-refractivity contribution is 9.10. The van der Waals surface area contributed by atoms with Crippen molar-refractivity contribution in [3.8, 4) is 11.6 Å². The molecule has 3 N–H and O–H groups in total. The minimum absolute atomic E-state index is 0.0464. The van der Waals surface area contributed by atoms with Gasteiger partial charge in [-0.05, 0) is 40.2 Å². The average Bonchev–Trinajstić information content (AvgIpc) is 2.41. The predicted octanol–water partition coefficient (Wildman–Crippen LogP) is 2.27. The van der Waals surface area contributed by atoms with Crippen molar-refractivity contribution in [1.82, 2.24) is 10.2 Å². The number of amidine groups is 1. The van der Waals surface area contributed by atoms with E-state index in [-0.39, 0.29) is 17.3 Å². The normalized spacial score (nSPS) is 11.4. The van der Waals surface area contributed by atoms with Gasteiger partial charge in [-0.15, -0.1) is 5.10 Å². The second-order valence-corrected chi connectivity index (χ2v) is 4.27. The molecule has 2 rings (SSSR count). The lowest BCUT2D eigenvalue weighted by Gasteiger charge is -2.09. The Balaban J connectivity index is 2.38. The first kappa shape index (κ1) is 13.2. The summed E-state index contributed by atoms with van der Waals surface area (Å²) in [7, 11) is 0. The summed E-state index contributed by atoms with van der Waals surface area (Å²) in [6, 6.07) is 5.38. The fourth-order valence-corrected chi connectivity index (χ4v) is 1.74. The molecule has 8 heteroatoms. The molecule has 0 atom stereocenters. The fraction of sp³-hybridized carbons (Fsp3) is 0. The largest absolute Gasteiger partial charge is 0.436 e. The number of rotatable bonds is 3. The highest BCUT2D eigenvalue weighted by Crippen LogP contribution is 2.30. The van der Waals surface area contributed by atoms with Crippen LogP contribution in [0.5, 0.6) is 11.6 Å². The Labute approximate surface area is 115 Å². The third-order valence-corrected chi connectivity index (χ3v) is 2.79. The van der Waals surface area contributed by atoms with E-state index in [0.717, 1.165) is 0 Å². The summed E-state index contributed by atoms with van der Waals surface area (Å²) in [6.45, 7) is 0. The smallest absolute Gasteiger partial charge is 0.250 e. The van der Waals surface area contributed by atoms with Crippen LogP contribution in [-0.4, -0.2) is 21.2 Å². The number of hydrogen-bond acceptors (Lipinski definition) is 5. The second kappa shape index (κ2) is 5.61. The van der Waals surface area contributed by atoms with Gasteiger partial charge in [-0.1, -0.05) is 5.16 Å². The summed E-state index contributed by atoms with van der Waals surface area (Å²) in [4.78, 5) is 0. The molecule has 0 amide bonds. The first-order valence-corrected chi connectivity index (χ1v) is 5.83. The second-order valence-electron chi connectivity index (χ2n) is 3.41. The van der Waals surface area contributed by atoms with Crippen molar-refractivity contribution in [2.45, 2.75) is 0 Å². The van der Waals surface area contributed by atoms with E-state index >= 15 is 0 Å². The maximum absolute atomic E-state index is 13.0. The van der Waals surface area contributed by atoms with E-state index in [1.165, 1.54) is 30.5 Å². The molecule has 98 valence electrons. The lowest BCUT2D eigenvalue weighted by atomic mass is 10.3. The molecule has 1 heterocycles. The number of halogens is 2. The van der Waals surface area contributed by atoms with Gasteiger partial charge in [0.05, 0.1) is 16.2 Å². The van der Waals surface area contributed by atoms with Gasteiger partial charge < -0.3 is 15.7 Å². The third-order valence-electron chi connectivity index (χ3n) is 2.17. The Hall–Kier alpha value is -2.22. The first-order valence-electron chi connectivity index (χ1n) is 5.04. The number of hydrogen-bond donors (Lipinski definition) is 2. The molecular formula is C11H8BrFN4O2. The van der Waals surface area contributed by atoms with Crippen LogP contribution in [-0.2, 0) is 0 Å². The molecule has 0 bridgehead atoms. The lowest BCUT2D eigenvalue weighted by molar-refractivity contribution is 0.318. The van der Waals surface area contributed by atoms with Crippen LogP contribution >= 0.6 is 15.9 Å². The quantitative estimate of drug-likeness (QED) is 0.390. The van der Waals surface area contributed by atoms with Crippen LogP contribution < -0.4 is 10.5 Å². The van der Waals surface area contributed by atoms with Crippen LogP contribution in [0.2, 0.25) is 0 Å². The molecule has 1 aromatic carbocycles. The highest BCUT2D eigenvalue weighted by Gasteiger charge is 2.13. The van der Waals surface area contributed by atoms with Gasteiger partial charge >= 0.3 is 0 Å². The van der Waals surface area contributed by atoms with Gasteiger partial charge in [0.2, 0.25) is 5.88 Å². The summed E-state index contributed by atoms with van der Waals surface area (Å²) in [5.74, 6) is -0.197. The molecule has 6 nitrogen and oxygen atoms in total. The number of benzene rings is 1. The van der Waals surface area contributed by atoms with Crippen LogP contribution in [0.1, 0.15) is 5.56 Å². The molecule has 0 saturated heterocycles. The van der Waals surface area contributed by atoms with Gasteiger partial charge in [0.1, 0.15) is 11.6 Å². The molecular weight excluding hydrogens is 319 g/mol. The molecule has 0 fully saturated rings. The number of nitrogens with two attached hydrogens (primary N) is 1. The highest BCUT2D eigenvalue weighted by atomic mass is 79.9. The standard InChI is InChI=1S/C11H8BrFN4O2/c12-8-5-6(13)1-2-9(8)19-11-7(10(14)17-18)3-4-15-16-11/h1-5,18H,(H2,14,17).